The van der Waals surface area contributed by atoms with Crippen LogP contribution < -0.4 is 4.74 Å². The Labute approximate surface area is 147 Å². The lowest BCUT2D eigenvalue weighted by molar-refractivity contribution is -0.119. The Bertz CT molecular complexity index is 879. The van der Waals surface area contributed by atoms with Gasteiger partial charge in [0.2, 0.25) is 5.88 Å². The van der Waals surface area contributed by atoms with Crippen molar-refractivity contribution in [2.24, 2.45) is 10.9 Å². The fourth-order valence-corrected chi connectivity index (χ4v) is 3.41. The van der Waals surface area contributed by atoms with Crippen LogP contribution in [-0.2, 0) is 4.79 Å². The topological polar surface area (TPSA) is 75.3 Å². The van der Waals surface area contributed by atoms with Gasteiger partial charge in [-0.25, -0.2) is 4.98 Å². The highest BCUT2D eigenvalue weighted by Crippen LogP contribution is 2.46. The summed E-state index contributed by atoms with van der Waals surface area (Å²) in [7, 11) is 0. The molecule has 0 aliphatic carbocycles. The molecule has 1 aliphatic rings. The molecule has 2 aromatic rings. The number of Topliss-reactive ketones (excluding diaryl/α,β-unsaturated/α-hetero) is 1. The molecule has 0 N–H and O–H groups in total. The first-order chi connectivity index (χ1) is 12.1. The van der Waals surface area contributed by atoms with Crippen LogP contribution in [0.5, 0.6) is 5.88 Å². The summed E-state index contributed by atoms with van der Waals surface area (Å²) < 4.78 is 5.72. The summed E-state index contributed by atoms with van der Waals surface area (Å²) in [4.78, 5) is 21.4. The number of pyridine rings is 1. The lowest BCUT2D eigenvalue weighted by Crippen LogP contribution is -2.31. The molecule has 3 rings (SSSR count). The number of hydrogen-bond donors (Lipinski definition) is 0. The highest BCUT2D eigenvalue weighted by Gasteiger charge is 2.38. The number of nitriles is 1. The number of carbonyl (C=O) groups is 1. The van der Waals surface area contributed by atoms with Crippen LogP contribution in [0.25, 0.3) is 0 Å². The number of hydrogen-bond acceptors (Lipinski definition) is 5. The number of fused-ring (bicyclic) bond motifs is 1. The number of ether oxygens (including phenoxy) is 1. The second kappa shape index (κ2) is 6.86. The van der Waals surface area contributed by atoms with Crippen LogP contribution in [0.4, 0.5) is 5.69 Å². The zero-order valence-electron chi connectivity index (χ0n) is 14.5. The maximum Gasteiger partial charge on any atom is 0.219 e. The maximum absolute atomic E-state index is 12.4. The van der Waals surface area contributed by atoms with Crippen molar-refractivity contribution in [1.82, 2.24) is 4.98 Å². The van der Waals surface area contributed by atoms with Crippen molar-refractivity contribution in [3.63, 3.8) is 0 Å². The van der Waals surface area contributed by atoms with E-state index in [4.69, 9.17) is 10.00 Å². The van der Waals surface area contributed by atoms with Crippen LogP contribution in [0.1, 0.15) is 43.4 Å². The van der Waals surface area contributed by atoms with E-state index >= 15 is 0 Å². The van der Waals surface area contributed by atoms with E-state index in [1.54, 1.807) is 25.3 Å². The minimum Gasteiger partial charge on any atom is -0.478 e. The molecule has 0 amide bonds. The SMILES string of the molecule is CCOc1nccc2c1C(c1ccc(C#N)cc1)C(C(C)=O)C(C)=N2. The summed E-state index contributed by atoms with van der Waals surface area (Å²) >= 11 is 0. The molecule has 126 valence electrons. The molecule has 0 spiro atoms. The van der Waals surface area contributed by atoms with Gasteiger partial charge in [-0.3, -0.25) is 9.79 Å². The molecular weight excluding hydrogens is 314 g/mol. The summed E-state index contributed by atoms with van der Waals surface area (Å²) in [6.07, 6.45) is 1.67. The van der Waals surface area contributed by atoms with Crippen LogP contribution >= 0.6 is 0 Å². The first-order valence-electron chi connectivity index (χ1n) is 8.24. The number of carbonyl (C=O) groups excluding carboxylic acids is 1. The summed E-state index contributed by atoms with van der Waals surface area (Å²) in [6, 6.07) is 11.3. The van der Waals surface area contributed by atoms with Gasteiger partial charge >= 0.3 is 0 Å². The normalized spacial score (nSPS) is 18.7. The Kier molecular flexibility index (Phi) is 4.62. The summed E-state index contributed by atoms with van der Waals surface area (Å²) in [5, 5.41) is 9.04. The smallest absolute Gasteiger partial charge is 0.219 e. The fraction of sp³-hybridized carbons (Fsp3) is 0.300. The van der Waals surface area contributed by atoms with Gasteiger partial charge in [-0.2, -0.15) is 5.26 Å². The summed E-state index contributed by atoms with van der Waals surface area (Å²) in [6.45, 7) is 5.85. The molecule has 2 heterocycles. The predicted molar refractivity (Wildman–Crippen MR) is 95.3 cm³/mol. The van der Waals surface area contributed by atoms with Crippen LogP contribution in [0.15, 0.2) is 41.5 Å². The van der Waals surface area contributed by atoms with E-state index in [9.17, 15) is 4.79 Å². The number of aliphatic imine (C=N–C) groups is 1. The predicted octanol–water partition coefficient (Wildman–Crippen LogP) is 3.80. The largest absolute Gasteiger partial charge is 0.478 e. The molecule has 5 heteroatoms. The van der Waals surface area contributed by atoms with Crippen LogP contribution in [0.2, 0.25) is 0 Å². The van der Waals surface area contributed by atoms with Crippen molar-refractivity contribution in [1.29, 1.82) is 5.26 Å². The Balaban J connectivity index is 2.23. The second-order valence-electron chi connectivity index (χ2n) is 6.03. The molecule has 1 aromatic carbocycles. The van der Waals surface area contributed by atoms with Crippen molar-refractivity contribution < 1.29 is 9.53 Å². The minimum atomic E-state index is -0.371. The number of benzene rings is 1. The highest BCUT2D eigenvalue weighted by molar-refractivity contribution is 6.07. The van der Waals surface area contributed by atoms with E-state index < -0.39 is 0 Å². The molecule has 0 bridgehead atoms. The number of rotatable bonds is 4. The van der Waals surface area contributed by atoms with Gasteiger partial charge in [0, 0.05) is 23.4 Å². The molecule has 0 fully saturated rings. The van der Waals surface area contributed by atoms with E-state index in [1.165, 1.54) is 0 Å². The summed E-state index contributed by atoms with van der Waals surface area (Å²) in [5.41, 5.74) is 3.93. The van der Waals surface area contributed by atoms with E-state index in [0.29, 0.717) is 18.1 Å². The number of ketones is 1. The first kappa shape index (κ1) is 16.8. The molecule has 0 saturated heterocycles. The molecule has 0 saturated carbocycles. The lowest BCUT2D eigenvalue weighted by atomic mass is 9.74. The Morgan fingerprint density at radius 3 is 2.60 bits per heavy atom. The number of nitrogens with zero attached hydrogens (tertiary/aromatic N) is 3. The van der Waals surface area contributed by atoms with Crippen molar-refractivity contribution in [2.45, 2.75) is 26.7 Å². The Hall–Kier alpha value is -3.00. The highest BCUT2D eigenvalue weighted by atomic mass is 16.5. The van der Waals surface area contributed by atoms with Gasteiger partial charge in [0.1, 0.15) is 5.78 Å². The fourth-order valence-electron chi connectivity index (χ4n) is 3.41. The third-order valence-electron chi connectivity index (χ3n) is 4.44. The van der Waals surface area contributed by atoms with Gasteiger partial charge < -0.3 is 4.74 Å². The van der Waals surface area contributed by atoms with Gasteiger partial charge in [-0.1, -0.05) is 12.1 Å². The van der Waals surface area contributed by atoms with Gasteiger partial charge in [-0.05, 0) is 44.5 Å². The zero-order chi connectivity index (χ0) is 18.0. The molecule has 1 aliphatic heterocycles. The average molecular weight is 333 g/mol. The van der Waals surface area contributed by atoms with Gasteiger partial charge in [-0.15, -0.1) is 0 Å². The van der Waals surface area contributed by atoms with Gasteiger partial charge in [0.25, 0.3) is 0 Å². The monoisotopic (exact) mass is 333 g/mol. The van der Waals surface area contributed by atoms with Crippen molar-refractivity contribution in [3.8, 4) is 11.9 Å². The third kappa shape index (κ3) is 3.03. The van der Waals surface area contributed by atoms with E-state index in [-0.39, 0.29) is 17.6 Å². The van der Waals surface area contributed by atoms with E-state index in [1.807, 2.05) is 32.0 Å². The van der Waals surface area contributed by atoms with Crippen molar-refractivity contribution in [2.75, 3.05) is 6.61 Å². The van der Waals surface area contributed by atoms with E-state index in [0.717, 1.165) is 22.5 Å². The molecule has 1 aromatic heterocycles. The molecule has 25 heavy (non-hydrogen) atoms. The Morgan fingerprint density at radius 1 is 1.28 bits per heavy atom. The maximum atomic E-state index is 12.4. The third-order valence-corrected chi connectivity index (χ3v) is 4.44. The van der Waals surface area contributed by atoms with Crippen molar-refractivity contribution >= 4 is 17.2 Å². The van der Waals surface area contributed by atoms with Crippen LogP contribution in [0.3, 0.4) is 0 Å². The summed E-state index contributed by atoms with van der Waals surface area (Å²) in [5.74, 6) is -0.0405. The van der Waals surface area contributed by atoms with Crippen LogP contribution in [-0.4, -0.2) is 23.1 Å². The average Bonchev–Trinajstić information content (AvgIpc) is 2.60. The molecule has 0 radical (unpaired) electrons. The van der Waals surface area contributed by atoms with Gasteiger partial charge in [0.15, 0.2) is 0 Å². The van der Waals surface area contributed by atoms with Gasteiger partial charge in [0.05, 0.1) is 29.8 Å². The lowest BCUT2D eigenvalue weighted by Gasteiger charge is -2.31. The standard InChI is InChI=1S/C20H19N3O2/c1-4-25-20-19-16(9-10-22-20)23-12(2)17(13(3)24)18(19)15-7-5-14(11-21)6-8-15/h5-10,17-18H,4H2,1-3H3. The second-order valence-corrected chi connectivity index (χ2v) is 6.03. The number of aromatic nitrogens is 1. The molecule has 2 atom stereocenters. The zero-order valence-corrected chi connectivity index (χ0v) is 14.5. The van der Waals surface area contributed by atoms with Crippen LogP contribution in [0, 0.1) is 17.2 Å². The molecule has 5 nitrogen and oxygen atoms in total. The minimum absolute atomic E-state index is 0.0487. The molecular formula is C20H19N3O2. The molecule has 2 unspecified atom stereocenters. The Morgan fingerprint density at radius 2 is 2.00 bits per heavy atom. The first-order valence-corrected chi connectivity index (χ1v) is 8.24. The van der Waals surface area contributed by atoms with E-state index in [2.05, 4.69) is 16.0 Å². The van der Waals surface area contributed by atoms with Crippen molar-refractivity contribution in [3.05, 3.63) is 53.2 Å². The quantitative estimate of drug-likeness (QED) is 0.853.